The van der Waals surface area contributed by atoms with Crippen molar-refractivity contribution in [1.82, 2.24) is 9.88 Å². The number of nitrogens with zero attached hydrogens (tertiary/aromatic N) is 3. The lowest BCUT2D eigenvalue weighted by atomic mass is 10.1. The summed E-state index contributed by atoms with van der Waals surface area (Å²) in [6.07, 6.45) is 0. The van der Waals surface area contributed by atoms with Crippen LogP contribution in [0.3, 0.4) is 0 Å². The van der Waals surface area contributed by atoms with Gasteiger partial charge in [-0.3, -0.25) is 9.52 Å². The predicted octanol–water partition coefficient (Wildman–Crippen LogP) is 5.74. The molecule has 5 aromatic rings. The van der Waals surface area contributed by atoms with Gasteiger partial charge in [0.25, 0.3) is 15.9 Å². The zero-order valence-corrected chi connectivity index (χ0v) is 24.0. The Hall–Kier alpha value is -4.41. The maximum absolute atomic E-state index is 13.6. The fourth-order valence-electron chi connectivity index (χ4n) is 4.85. The molecule has 0 unspecified atom stereocenters. The second-order valence-electron chi connectivity index (χ2n) is 9.65. The van der Waals surface area contributed by atoms with Gasteiger partial charge in [-0.25, -0.2) is 13.4 Å². The Bertz CT molecular complexity index is 1760. The standard InChI is InChI=1S/C31H28N4O4S2/c1-39-24-13-16-26(30(36)34-17-19-35(20-18-34)31-32-27-9-5-6-10-29(27)40-31)28(21-24)33-41(37,38)25-14-11-23(12-15-25)22-7-3-2-4-8-22/h2-16,21,33H,17-20H2,1H3. The van der Waals surface area contributed by atoms with E-state index in [1.807, 2.05) is 48.5 Å². The number of nitrogens with one attached hydrogen (secondary N) is 1. The molecule has 1 amide bonds. The number of benzene rings is 4. The second kappa shape index (κ2) is 11.2. The minimum Gasteiger partial charge on any atom is -0.497 e. The van der Waals surface area contributed by atoms with Crippen molar-refractivity contribution >= 4 is 48.3 Å². The molecule has 10 heteroatoms. The van der Waals surface area contributed by atoms with Crippen LogP contribution in [0.25, 0.3) is 21.3 Å². The van der Waals surface area contributed by atoms with Gasteiger partial charge in [0.1, 0.15) is 5.75 Å². The summed E-state index contributed by atoms with van der Waals surface area (Å²) < 4.78 is 35.9. The van der Waals surface area contributed by atoms with Gasteiger partial charge in [0.2, 0.25) is 0 Å². The third-order valence-corrected chi connectivity index (χ3v) is 9.57. The monoisotopic (exact) mass is 584 g/mol. The number of carbonyl (C=O) groups excluding carboxylic acids is 1. The van der Waals surface area contributed by atoms with Gasteiger partial charge in [0.05, 0.1) is 33.5 Å². The first kappa shape index (κ1) is 26.8. The summed E-state index contributed by atoms with van der Waals surface area (Å²) in [5.74, 6) is 0.202. The van der Waals surface area contributed by atoms with Crippen LogP contribution in [0, 0.1) is 0 Å². The highest BCUT2D eigenvalue weighted by molar-refractivity contribution is 7.92. The smallest absolute Gasteiger partial charge is 0.261 e. The third kappa shape index (κ3) is 5.61. The number of ether oxygens (including phenoxy) is 1. The molecule has 1 aromatic heterocycles. The van der Waals surface area contributed by atoms with Crippen LogP contribution in [0.4, 0.5) is 10.8 Å². The highest BCUT2D eigenvalue weighted by atomic mass is 32.2. The van der Waals surface area contributed by atoms with E-state index in [2.05, 4.69) is 15.7 Å². The molecule has 0 saturated carbocycles. The summed E-state index contributed by atoms with van der Waals surface area (Å²) in [5.41, 5.74) is 3.31. The Labute approximate surface area is 242 Å². The van der Waals surface area contributed by atoms with Crippen molar-refractivity contribution in [2.45, 2.75) is 4.90 Å². The molecule has 0 spiro atoms. The van der Waals surface area contributed by atoms with Gasteiger partial charge in [-0.15, -0.1) is 0 Å². The molecule has 1 saturated heterocycles. The lowest BCUT2D eigenvalue weighted by Crippen LogP contribution is -2.48. The zero-order chi connectivity index (χ0) is 28.4. The van der Waals surface area contributed by atoms with Gasteiger partial charge in [-0.1, -0.05) is 65.9 Å². The maximum Gasteiger partial charge on any atom is 0.261 e. The van der Waals surface area contributed by atoms with Crippen LogP contribution in [0.15, 0.2) is 102 Å². The van der Waals surface area contributed by atoms with Crippen molar-refractivity contribution in [3.05, 3.63) is 103 Å². The van der Waals surface area contributed by atoms with Crippen molar-refractivity contribution in [3.63, 3.8) is 0 Å². The molecule has 0 radical (unpaired) electrons. The highest BCUT2D eigenvalue weighted by Gasteiger charge is 2.27. The molecular formula is C31H28N4O4S2. The quantitative estimate of drug-likeness (QED) is 0.263. The third-order valence-electron chi connectivity index (χ3n) is 7.09. The van der Waals surface area contributed by atoms with Crippen molar-refractivity contribution < 1.29 is 17.9 Å². The summed E-state index contributed by atoms with van der Waals surface area (Å²) in [5, 5.41) is 0.939. The van der Waals surface area contributed by atoms with Gasteiger partial charge in [-0.2, -0.15) is 0 Å². The molecule has 8 nitrogen and oxygen atoms in total. The minimum absolute atomic E-state index is 0.0999. The average Bonchev–Trinajstić information content (AvgIpc) is 3.46. The second-order valence-corrected chi connectivity index (χ2v) is 12.3. The van der Waals surface area contributed by atoms with E-state index in [-0.39, 0.29) is 22.1 Å². The molecule has 1 aliphatic rings. The topological polar surface area (TPSA) is 91.8 Å². The van der Waals surface area contributed by atoms with Crippen LogP contribution in [0.2, 0.25) is 0 Å². The van der Waals surface area contributed by atoms with Crippen LogP contribution in [-0.2, 0) is 10.0 Å². The number of thiazole rings is 1. The average molecular weight is 585 g/mol. The Morgan fingerprint density at radius 1 is 0.854 bits per heavy atom. The van der Waals surface area contributed by atoms with Gasteiger partial charge in [0, 0.05) is 32.2 Å². The van der Waals surface area contributed by atoms with E-state index in [4.69, 9.17) is 9.72 Å². The summed E-state index contributed by atoms with van der Waals surface area (Å²) >= 11 is 1.64. The SMILES string of the molecule is COc1ccc(C(=O)N2CCN(c3nc4ccccc4s3)CC2)c(NS(=O)(=O)c2ccc(-c3ccccc3)cc2)c1. The van der Waals surface area contributed by atoms with E-state index in [1.165, 1.54) is 7.11 Å². The van der Waals surface area contributed by atoms with Gasteiger partial charge in [-0.05, 0) is 47.5 Å². The van der Waals surface area contributed by atoms with Gasteiger partial charge in [0.15, 0.2) is 5.13 Å². The number of fused-ring (bicyclic) bond motifs is 1. The minimum atomic E-state index is -3.97. The Morgan fingerprint density at radius 2 is 1.54 bits per heavy atom. The number of para-hydroxylation sites is 1. The molecule has 4 aromatic carbocycles. The molecule has 1 N–H and O–H groups in total. The first-order valence-electron chi connectivity index (χ1n) is 13.2. The fourth-order valence-corrected chi connectivity index (χ4v) is 6.94. The predicted molar refractivity (Wildman–Crippen MR) is 163 cm³/mol. The van der Waals surface area contributed by atoms with Gasteiger partial charge < -0.3 is 14.5 Å². The normalized spacial score (nSPS) is 13.8. The number of hydrogen-bond acceptors (Lipinski definition) is 7. The summed E-state index contributed by atoms with van der Waals surface area (Å²) in [7, 11) is -2.47. The molecule has 41 heavy (non-hydrogen) atoms. The molecule has 0 aliphatic carbocycles. The first-order valence-corrected chi connectivity index (χ1v) is 15.5. The van der Waals surface area contributed by atoms with Crippen LogP contribution in [-0.4, -0.2) is 57.5 Å². The number of aromatic nitrogens is 1. The van der Waals surface area contributed by atoms with Crippen molar-refractivity contribution in [2.75, 3.05) is 42.9 Å². The summed E-state index contributed by atoms with van der Waals surface area (Å²) in [6, 6.07) is 29.2. The van der Waals surface area contributed by atoms with Gasteiger partial charge >= 0.3 is 0 Å². The van der Waals surface area contributed by atoms with E-state index in [1.54, 1.807) is 58.7 Å². The lowest BCUT2D eigenvalue weighted by molar-refractivity contribution is 0.0748. The lowest BCUT2D eigenvalue weighted by Gasteiger charge is -2.35. The molecule has 2 heterocycles. The molecular weight excluding hydrogens is 556 g/mol. The maximum atomic E-state index is 13.6. The number of hydrogen-bond donors (Lipinski definition) is 1. The molecule has 1 fully saturated rings. The number of rotatable bonds is 7. The highest BCUT2D eigenvalue weighted by Crippen LogP contribution is 2.31. The first-order chi connectivity index (χ1) is 19.9. The van der Waals surface area contributed by atoms with Crippen LogP contribution in [0.5, 0.6) is 5.75 Å². The number of piperazine rings is 1. The van der Waals surface area contributed by atoms with E-state index in [0.717, 1.165) is 26.5 Å². The van der Waals surface area contributed by atoms with Crippen LogP contribution in [0.1, 0.15) is 10.4 Å². The van der Waals surface area contributed by atoms with E-state index in [9.17, 15) is 13.2 Å². The van der Waals surface area contributed by atoms with Crippen molar-refractivity contribution in [2.24, 2.45) is 0 Å². The summed E-state index contributed by atoms with van der Waals surface area (Å²) in [6.45, 7) is 2.26. The number of amides is 1. The van der Waals surface area contributed by atoms with E-state index < -0.39 is 10.0 Å². The van der Waals surface area contributed by atoms with Crippen molar-refractivity contribution in [3.8, 4) is 16.9 Å². The van der Waals surface area contributed by atoms with E-state index >= 15 is 0 Å². The Kier molecular flexibility index (Phi) is 7.34. The number of anilines is 2. The summed E-state index contributed by atoms with van der Waals surface area (Å²) in [4.78, 5) is 22.4. The molecule has 0 atom stereocenters. The number of methoxy groups -OCH3 is 1. The van der Waals surface area contributed by atoms with Crippen LogP contribution < -0.4 is 14.4 Å². The van der Waals surface area contributed by atoms with Crippen molar-refractivity contribution in [1.29, 1.82) is 0 Å². The number of sulfonamides is 1. The largest absolute Gasteiger partial charge is 0.497 e. The zero-order valence-electron chi connectivity index (χ0n) is 22.4. The Morgan fingerprint density at radius 3 is 2.24 bits per heavy atom. The van der Waals surface area contributed by atoms with Crippen LogP contribution >= 0.6 is 11.3 Å². The molecule has 208 valence electrons. The Balaban J connectivity index is 1.20. The van der Waals surface area contributed by atoms with E-state index in [0.29, 0.717) is 31.9 Å². The number of carbonyl (C=O) groups is 1. The fraction of sp³-hybridized carbons (Fsp3) is 0.161. The molecule has 6 rings (SSSR count). The molecule has 1 aliphatic heterocycles. The molecule has 0 bridgehead atoms.